The Morgan fingerprint density at radius 2 is 2.10 bits per heavy atom. The van der Waals surface area contributed by atoms with Crippen LogP contribution in [0.25, 0.3) is 0 Å². The molecule has 1 aliphatic rings. The van der Waals surface area contributed by atoms with Gasteiger partial charge in [0.1, 0.15) is 0 Å². The van der Waals surface area contributed by atoms with Gasteiger partial charge >= 0.3 is 0 Å². The van der Waals surface area contributed by atoms with Gasteiger partial charge in [-0.05, 0) is 38.3 Å². The molecule has 1 fully saturated rings. The highest BCUT2D eigenvalue weighted by Crippen LogP contribution is 2.32. The van der Waals surface area contributed by atoms with Crippen LogP contribution >= 0.6 is 12.4 Å². The standard InChI is InChI=1S/C16H26N2O2.ClH/c1-12(17)13-7-5-9-18(10-13)11-14-6-4-8-15(19-2)16(14)20-3;/h4,6,8,12-13H,5,7,9-11,17H2,1-3H3;1H. The van der Waals surface area contributed by atoms with Crippen LogP contribution in [-0.4, -0.2) is 38.3 Å². The zero-order valence-corrected chi connectivity index (χ0v) is 14.0. The van der Waals surface area contributed by atoms with Gasteiger partial charge in [-0.25, -0.2) is 0 Å². The number of piperidine rings is 1. The first kappa shape index (κ1) is 18.1. The van der Waals surface area contributed by atoms with Crippen LogP contribution in [0.3, 0.4) is 0 Å². The number of nitrogens with two attached hydrogens (primary N) is 1. The van der Waals surface area contributed by atoms with E-state index in [2.05, 4.69) is 17.9 Å². The second kappa shape index (κ2) is 8.47. The number of ether oxygens (including phenoxy) is 2. The summed E-state index contributed by atoms with van der Waals surface area (Å²) in [7, 11) is 3.37. The Morgan fingerprint density at radius 1 is 1.33 bits per heavy atom. The highest BCUT2D eigenvalue weighted by molar-refractivity contribution is 5.85. The maximum atomic E-state index is 6.05. The number of benzene rings is 1. The van der Waals surface area contributed by atoms with Gasteiger partial charge in [0, 0.05) is 24.7 Å². The quantitative estimate of drug-likeness (QED) is 0.908. The molecule has 0 bridgehead atoms. The van der Waals surface area contributed by atoms with Crippen molar-refractivity contribution in [2.45, 2.75) is 32.4 Å². The second-order valence-corrected chi connectivity index (χ2v) is 5.65. The number of nitrogens with zero attached hydrogens (tertiary/aromatic N) is 1. The molecule has 2 atom stereocenters. The monoisotopic (exact) mass is 314 g/mol. The van der Waals surface area contributed by atoms with Gasteiger partial charge in [0.05, 0.1) is 14.2 Å². The minimum Gasteiger partial charge on any atom is -0.493 e. The number of methoxy groups -OCH3 is 2. The van der Waals surface area contributed by atoms with Crippen molar-refractivity contribution in [3.8, 4) is 11.5 Å². The lowest BCUT2D eigenvalue weighted by molar-refractivity contribution is 0.153. The van der Waals surface area contributed by atoms with E-state index < -0.39 is 0 Å². The molecule has 1 aromatic rings. The van der Waals surface area contributed by atoms with Gasteiger partial charge in [0.25, 0.3) is 0 Å². The van der Waals surface area contributed by atoms with E-state index in [0.717, 1.165) is 31.1 Å². The van der Waals surface area contributed by atoms with Gasteiger partial charge in [-0.2, -0.15) is 0 Å². The van der Waals surface area contributed by atoms with E-state index in [1.165, 1.54) is 18.4 Å². The van der Waals surface area contributed by atoms with E-state index in [1.807, 2.05) is 12.1 Å². The van der Waals surface area contributed by atoms with Crippen LogP contribution < -0.4 is 15.2 Å². The molecule has 0 aromatic heterocycles. The molecule has 5 heteroatoms. The summed E-state index contributed by atoms with van der Waals surface area (Å²) >= 11 is 0. The molecule has 2 rings (SSSR count). The fourth-order valence-corrected chi connectivity index (χ4v) is 2.98. The summed E-state index contributed by atoms with van der Waals surface area (Å²) in [5.41, 5.74) is 7.23. The van der Waals surface area contributed by atoms with Crippen molar-refractivity contribution in [3.05, 3.63) is 23.8 Å². The zero-order valence-electron chi connectivity index (χ0n) is 13.2. The van der Waals surface area contributed by atoms with Crippen molar-refractivity contribution < 1.29 is 9.47 Å². The molecule has 1 saturated heterocycles. The van der Waals surface area contributed by atoms with Crippen LogP contribution in [0.2, 0.25) is 0 Å². The molecule has 2 N–H and O–H groups in total. The molecule has 120 valence electrons. The lowest BCUT2D eigenvalue weighted by atomic mass is 9.92. The Balaban J connectivity index is 0.00000220. The van der Waals surface area contributed by atoms with Crippen molar-refractivity contribution in [3.63, 3.8) is 0 Å². The van der Waals surface area contributed by atoms with E-state index in [9.17, 15) is 0 Å². The number of halogens is 1. The largest absolute Gasteiger partial charge is 0.493 e. The van der Waals surface area contributed by atoms with Crippen molar-refractivity contribution in [2.75, 3.05) is 27.3 Å². The number of rotatable bonds is 5. The number of likely N-dealkylation sites (tertiary alicyclic amines) is 1. The normalized spacial score (nSPS) is 20.5. The minimum atomic E-state index is 0. The van der Waals surface area contributed by atoms with E-state index in [4.69, 9.17) is 15.2 Å². The molecular weight excluding hydrogens is 288 g/mol. The highest BCUT2D eigenvalue weighted by atomic mass is 35.5. The van der Waals surface area contributed by atoms with Crippen molar-refractivity contribution >= 4 is 12.4 Å². The molecule has 2 unspecified atom stereocenters. The smallest absolute Gasteiger partial charge is 0.165 e. The molecule has 4 nitrogen and oxygen atoms in total. The van der Waals surface area contributed by atoms with Gasteiger partial charge in [-0.15, -0.1) is 12.4 Å². The fourth-order valence-electron chi connectivity index (χ4n) is 2.98. The van der Waals surface area contributed by atoms with Gasteiger partial charge < -0.3 is 15.2 Å². The van der Waals surface area contributed by atoms with Crippen molar-refractivity contribution in [1.82, 2.24) is 4.90 Å². The van der Waals surface area contributed by atoms with Crippen LogP contribution in [0.5, 0.6) is 11.5 Å². The minimum absolute atomic E-state index is 0. The third-order valence-electron chi connectivity index (χ3n) is 4.16. The molecule has 0 spiro atoms. The third kappa shape index (κ3) is 4.50. The average Bonchev–Trinajstić information content (AvgIpc) is 2.47. The van der Waals surface area contributed by atoms with Crippen LogP contribution in [0.1, 0.15) is 25.3 Å². The maximum Gasteiger partial charge on any atom is 0.165 e. The third-order valence-corrected chi connectivity index (χ3v) is 4.16. The van der Waals surface area contributed by atoms with E-state index in [-0.39, 0.29) is 18.4 Å². The first-order chi connectivity index (χ1) is 9.65. The summed E-state index contributed by atoms with van der Waals surface area (Å²) in [6.07, 6.45) is 2.46. The fraction of sp³-hybridized carbons (Fsp3) is 0.625. The number of hydrogen-bond donors (Lipinski definition) is 1. The summed E-state index contributed by atoms with van der Waals surface area (Å²) in [6.45, 7) is 5.20. The number of hydrogen-bond acceptors (Lipinski definition) is 4. The van der Waals surface area contributed by atoms with Gasteiger partial charge in [0.2, 0.25) is 0 Å². The molecule has 0 aliphatic carbocycles. The lowest BCUT2D eigenvalue weighted by Crippen LogP contribution is -2.41. The first-order valence-corrected chi connectivity index (χ1v) is 7.33. The van der Waals surface area contributed by atoms with E-state index >= 15 is 0 Å². The molecular formula is C16H27ClN2O2. The summed E-state index contributed by atoms with van der Waals surface area (Å²) in [5.74, 6) is 2.24. The molecule has 0 saturated carbocycles. The molecule has 0 amide bonds. The van der Waals surface area contributed by atoms with Gasteiger partial charge in [-0.1, -0.05) is 12.1 Å². The topological polar surface area (TPSA) is 47.7 Å². The Labute approximate surface area is 134 Å². The Kier molecular flexibility index (Phi) is 7.29. The SMILES string of the molecule is COc1cccc(CN2CCCC(C(C)N)C2)c1OC.Cl. The second-order valence-electron chi connectivity index (χ2n) is 5.65. The van der Waals surface area contributed by atoms with E-state index in [1.54, 1.807) is 14.2 Å². The Morgan fingerprint density at radius 3 is 2.71 bits per heavy atom. The zero-order chi connectivity index (χ0) is 14.5. The predicted molar refractivity (Wildman–Crippen MR) is 88.4 cm³/mol. The first-order valence-electron chi connectivity index (χ1n) is 7.33. The highest BCUT2D eigenvalue weighted by Gasteiger charge is 2.23. The van der Waals surface area contributed by atoms with Crippen molar-refractivity contribution in [1.29, 1.82) is 0 Å². The average molecular weight is 315 g/mol. The summed E-state index contributed by atoms with van der Waals surface area (Å²) in [4.78, 5) is 2.47. The molecule has 1 heterocycles. The molecule has 0 radical (unpaired) electrons. The van der Waals surface area contributed by atoms with Gasteiger partial charge in [-0.3, -0.25) is 4.90 Å². The van der Waals surface area contributed by atoms with Crippen LogP contribution in [0.15, 0.2) is 18.2 Å². The lowest BCUT2D eigenvalue weighted by Gasteiger charge is -2.34. The Bertz CT molecular complexity index is 440. The molecule has 21 heavy (non-hydrogen) atoms. The predicted octanol–water partition coefficient (Wildman–Crippen LogP) is 2.68. The molecule has 1 aromatic carbocycles. The Hall–Kier alpha value is -0.970. The van der Waals surface area contributed by atoms with Crippen LogP contribution in [0.4, 0.5) is 0 Å². The van der Waals surface area contributed by atoms with Crippen LogP contribution in [-0.2, 0) is 6.54 Å². The molecule has 1 aliphatic heterocycles. The summed E-state index contributed by atoms with van der Waals surface area (Å²) < 4.78 is 10.9. The summed E-state index contributed by atoms with van der Waals surface area (Å²) in [5, 5.41) is 0. The van der Waals surface area contributed by atoms with E-state index in [0.29, 0.717) is 5.92 Å². The number of para-hydroxylation sites is 1. The van der Waals surface area contributed by atoms with Crippen molar-refractivity contribution in [2.24, 2.45) is 11.7 Å². The maximum absolute atomic E-state index is 6.05. The van der Waals surface area contributed by atoms with Gasteiger partial charge in [0.15, 0.2) is 11.5 Å². The summed E-state index contributed by atoms with van der Waals surface area (Å²) in [6, 6.07) is 6.33. The van der Waals surface area contributed by atoms with Crippen LogP contribution in [0, 0.1) is 5.92 Å².